The standard InChI is InChI=1S/C5H11NO2S.Ca.2H/c1-9-3-2-4(6)5(7)8;;;/h4H,2-3,6H2,1H3,(H,7,8);;;/t4-;;;/m0.../s1. The van der Waals surface area contributed by atoms with Crippen LogP contribution in [-0.2, 0) is 4.79 Å². The first-order chi connectivity index (χ1) is 4.18. The quantitative estimate of drug-likeness (QED) is 0.573. The van der Waals surface area contributed by atoms with E-state index in [0.29, 0.717) is 6.42 Å². The topological polar surface area (TPSA) is 63.3 Å². The molecule has 0 radical (unpaired) electrons. The molecule has 1 atom stereocenters. The molecule has 5 heteroatoms. The second-order valence-corrected chi connectivity index (χ2v) is 2.71. The number of carbonyl (C=O) groups is 1. The van der Waals surface area contributed by atoms with Gasteiger partial charge in [0.2, 0.25) is 0 Å². The SMILES string of the molecule is CSCC[C@H](N)C(=O)O.[CaH2]. The molecule has 0 aromatic carbocycles. The van der Waals surface area contributed by atoms with Gasteiger partial charge in [-0.15, -0.1) is 0 Å². The van der Waals surface area contributed by atoms with Crippen LogP contribution in [0.3, 0.4) is 0 Å². The fraction of sp³-hybridized carbons (Fsp3) is 0.800. The van der Waals surface area contributed by atoms with Crippen molar-refractivity contribution in [2.24, 2.45) is 5.73 Å². The zero-order valence-corrected chi connectivity index (χ0v) is 6.15. The van der Waals surface area contributed by atoms with E-state index in [2.05, 4.69) is 0 Å². The van der Waals surface area contributed by atoms with E-state index in [1.54, 1.807) is 11.8 Å². The molecule has 58 valence electrons. The van der Waals surface area contributed by atoms with Gasteiger partial charge >= 0.3 is 43.7 Å². The fourth-order valence-electron chi connectivity index (χ4n) is 0.368. The molecule has 0 aromatic heterocycles. The molecule has 0 aliphatic carbocycles. The van der Waals surface area contributed by atoms with Gasteiger partial charge in [-0.05, 0) is 18.4 Å². The van der Waals surface area contributed by atoms with Crippen molar-refractivity contribution in [1.29, 1.82) is 0 Å². The molecule has 0 aliphatic rings. The maximum atomic E-state index is 10.1. The van der Waals surface area contributed by atoms with Crippen LogP contribution < -0.4 is 5.73 Å². The summed E-state index contributed by atoms with van der Waals surface area (Å²) < 4.78 is 0. The number of thioether (sulfide) groups is 1. The second kappa shape index (κ2) is 8.14. The number of rotatable bonds is 4. The summed E-state index contributed by atoms with van der Waals surface area (Å²) in [4.78, 5) is 10.1. The van der Waals surface area contributed by atoms with Crippen molar-refractivity contribution in [3.8, 4) is 0 Å². The molecule has 0 bridgehead atoms. The minimum atomic E-state index is -0.913. The van der Waals surface area contributed by atoms with Gasteiger partial charge in [0.15, 0.2) is 0 Å². The van der Waals surface area contributed by atoms with Crippen LogP contribution in [0.5, 0.6) is 0 Å². The van der Waals surface area contributed by atoms with Gasteiger partial charge in [-0.3, -0.25) is 4.79 Å². The van der Waals surface area contributed by atoms with E-state index in [9.17, 15) is 4.79 Å². The molecule has 0 amide bonds. The number of carboxylic acid groups (broad SMARTS) is 1. The molecule has 3 nitrogen and oxygen atoms in total. The van der Waals surface area contributed by atoms with Crippen molar-refractivity contribution < 1.29 is 9.90 Å². The Labute approximate surface area is 94.7 Å². The van der Waals surface area contributed by atoms with E-state index >= 15 is 0 Å². The third-order valence-corrected chi connectivity index (χ3v) is 1.59. The molecule has 0 fully saturated rings. The second-order valence-electron chi connectivity index (χ2n) is 1.73. The summed E-state index contributed by atoms with van der Waals surface area (Å²) in [5.41, 5.74) is 5.19. The van der Waals surface area contributed by atoms with Crippen LogP contribution in [0, 0.1) is 0 Å². The molecule has 3 N–H and O–H groups in total. The van der Waals surface area contributed by atoms with E-state index in [-0.39, 0.29) is 37.7 Å². The first-order valence-electron chi connectivity index (χ1n) is 2.65. The van der Waals surface area contributed by atoms with Gasteiger partial charge in [-0.2, -0.15) is 11.8 Å². The van der Waals surface area contributed by atoms with Crippen LogP contribution in [0.15, 0.2) is 0 Å². The zero-order chi connectivity index (χ0) is 7.28. The van der Waals surface area contributed by atoms with Crippen LogP contribution in [0.1, 0.15) is 6.42 Å². The summed E-state index contributed by atoms with van der Waals surface area (Å²) in [5.74, 6) is -0.1000. The Morgan fingerprint density at radius 1 is 1.80 bits per heavy atom. The Kier molecular flexibility index (Phi) is 11.1. The van der Waals surface area contributed by atoms with E-state index in [4.69, 9.17) is 10.8 Å². The molecule has 0 heterocycles. The number of aliphatic carboxylic acids is 1. The molecule has 0 saturated heterocycles. The summed E-state index contributed by atoms with van der Waals surface area (Å²) in [6, 6.07) is -0.683. The van der Waals surface area contributed by atoms with Gasteiger partial charge in [0, 0.05) is 0 Å². The van der Waals surface area contributed by atoms with Crippen molar-refractivity contribution >= 4 is 55.5 Å². The van der Waals surface area contributed by atoms with Gasteiger partial charge in [0.25, 0.3) is 0 Å². The Morgan fingerprint density at radius 3 is 2.60 bits per heavy atom. The Hall–Kier alpha value is 1.04. The van der Waals surface area contributed by atoms with Crippen LogP contribution in [-0.4, -0.2) is 66.9 Å². The van der Waals surface area contributed by atoms with E-state index in [1.807, 2.05) is 6.26 Å². The monoisotopic (exact) mass is 191 g/mol. The van der Waals surface area contributed by atoms with Crippen molar-refractivity contribution in [3.05, 3.63) is 0 Å². The fourth-order valence-corrected chi connectivity index (χ4v) is 0.858. The summed E-state index contributed by atoms with van der Waals surface area (Å²) >= 11 is 1.60. The average molecular weight is 191 g/mol. The van der Waals surface area contributed by atoms with Crippen LogP contribution in [0.25, 0.3) is 0 Å². The van der Waals surface area contributed by atoms with E-state index in [1.165, 1.54) is 0 Å². The summed E-state index contributed by atoms with van der Waals surface area (Å²) in [7, 11) is 0. The van der Waals surface area contributed by atoms with Crippen molar-refractivity contribution in [2.75, 3.05) is 12.0 Å². The number of nitrogens with two attached hydrogens (primary N) is 1. The first kappa shape index (κ1) is 13.6. The maximum absolute atomic E-state index is 10.1. The van der Waals surface area contributed by atoms with Crippen LogP contribution in [0.2, 0.25) is 0 Å². The number of carboxylic acids is 1. The van der Waals surface area contributed by atoms with Crippen molar-refractivity contribution in [3.63, 3.8) is 0 Å². The molecule has 0 aromatic rings. The molecule has 0 aliphatic heterocycles. The van der Waals surface area contributed by atoms with E-state index in [0.717, 1.165) is 5.75 Å². The van der Waals surface area contributed by atoms with Crippen molar-refractivity contribution in [1.82, 2.24) is 0 Å². The zero-order valence-electron chi connectivity index (χ0n) is 5.33. The summed E-state index contributed by atoms with van der Waals surface area (Å²) in [6.45, 7) is 0. The van der Waals surface area contributed by atoms with Crippen LogP contribution in [0.4, 0.5) is 0 Å². The Bertz CT molecular complexity index is 102. The normalized spacial score (nSPS) is 11.8. The number of hydrogen-bond acceptors (Lipinski definition) is 3. The van der Waals surface area contributed by atoms with Crippen LogP contribution >= 0.6 is 11.8 Å². The third-order valence-electron chi connectivity index (χ3n) is 0.950. The summed E-state index contributed by atoms with van der Waals surface area (Å²) in [6.07, 6.45) is 2.48. The molecule has 0 rings (SSSR count). The Balaban J connectivity index is 0. The molecule has 0 saturated carbocycles. The predicted octanol–water partition coefficient (Wildman–Crippen LogP) is -0.765. The first-order valence-corrected chi connectivity index (χ1v) is 4.05. The number of hydrogen-bond donors (Lipinski definition) is 2. The third kappa shape index (κ3) is 7.15. The molecule has 0 unspecified atom stereocenters. The van der Waals surface area contributed by atoms with Gasteiger partial charge in [0.05, 0.1) is 0 Å². The molecule has 10 heavy (non-hydrogen) atoms. The molecule has 0 spiro atoms. The molecular weight excluding hydrogens is 178 g/mol. The predicted molar refractivity (Wildman–Crippen MR) is 47.2 cm³/mol. The van der Waals surface area contributed by atoms with Gasteiger partial charge < -0.3 is 10.8 Å². The van der Waals surface area contributed by atoms with Gasteiger partial charge in [-0.25, -0.2) is 0 Å². The molecular formula is C5H13CaNO2S. The average Bonchev–Trinajstić information content (AvgIpc) is 1.82. The van der Waals surface area contributed by atoms with Crippen molar-refractivity contribution in [2.45, 2.75) is 12.5 Å². The Morgan fingerprint density at radius 2 is 2.30 bits per heavy atom. The van der Waals surface area contributed by atoms with Gasteiger partial charge in [-0.1, -0.05) is 0 Å². The van der Waals surface area contributed by atoms with E-state index < -0.39 is 12.0 Å². The minimum absolute atomic E-state index is 0. The summed E-state index contributed by atoms with van der Waals surface area (Å²) in [5, 5.41) is 8.27. The van der Waals surface area contributed by atoms with Gasteiger partial charge in [0.1, 0.15) is 6.04 Å².